The molecule has 0 heterocycles. The predicted molar refractivity (Wildman–Crippen MR) is 163 cm³/mol. The largest absolute Gasteiger partial charge is 0.496 e. The van der Waals surface area contributed by atoms with Gasteiger partial charge in [0.2, 0.25) is 0 Å². The lowest BCUT2D eigenvalue weighted by molar-refractivity contribution is -0.139. The van der Waals surface area contributed by atoms with Crippen LogP contribution in [0.3, 0.4) is 0 Å². The Balaban J connectivity index is 1.62. The normalized spacial score (nSPS) is 11.6. The summed E-state index contributed by atoms with van der Waals surface area (Å²) in [6.07, 6.45) is 1.89. The fourth-order valence-corrected chi connectivity index (χ4v) is 4.58. The van der Waals surface area contributed by atoms with Gasteiger partial charge >= 0.3 is 5.97 Å². The highest BCUT2D eigenvalue weighted by molar-refractivity contribution is 5.88. The van der Waals surface area contributed by atoms with Crippen molar-refractivity contribution in [2.24, 2.45) is 10.9 Å². The number of carboxylic acid groups (broad SMARTS) is 1. The Kier molecular flexibility index (Phi) is 10.3. The highest BCUT2D eigenvalue weighted by Gasteiger charge is 2.17. The molecule has 0 bridgehead atoms. The van der Waals surface area contributed by atoms with Crippen LogP contribution in [0.5, 0.6) is 17.2 Å². The molecule has 0 aromatic heterocycles. The number of methoxy groups -OCH3 is 1. The summed E-state index contributed by atoms with van der Waals surface area (Å²) in [5, 5.41) is 18.7. The molecule has 42 heavy (non-hydrogen) atoms. The maximum Gasteiger partial charge on any atom is 0.311 e. The number of hydrogen-bond acceptors (Lipinski definition) is 6. The van der Waals surface area contributed by atoms with E-state index >= 15 is 0 Å². The minimum atomic E-state index is -0.919. The Bertz CT molecular complexity index is 1590. The van der Waals surface area contributed by atoms with E-state index in [4.69, 9.17) is 14.2 Å². The molecule has 0 amide bonds. The third-order valence-corrected chi connectivity index (χ3v) is 7.03. The van der Waals surface area contributed by atoms with Crippen LogP contribution in [0.25, 0.3) is 11.1 Å². The first-order valence-electron chi connectivity index (χ1n) is 13.8. The number of carbonyl (C=O) groups is 1. The van der Waals surface area contributed by atoms with Crippen LogP contribution >= 0.6 is 0 Å². The lowest BCUT2D eigenvalue weighted by atomic mass is 9.97. The number of carboxylic acids is 1. The van der Waals surface area contributed by atoms with Gasteiger partial charge in [-0.15, -0.1) is 0 Å². The van der Waals surface area contributed by atoms with E-state index in [1.807, 2.05) is 42.5 Å². The van der Waals surface area contributed by atoms with Gasteiger partial charge < -0.3 is 19.3 Å². The van der Waals surface area contributed by atoms with Gasteiger partial charge in [-0.05, 0) is 53.3 Å². The van der Waals surface area contributed by atoms with E-state index in [0.29, 0.717) is 41.4 Å². The fourth-order valence-electron chi connectivity index (χ4n) is 4.58. The van der Waals surface area contributed by atoms with Crippen molar-refractivity contribution >= 4 is 12.2 Å². The van der Waals surface area contributed by atoms with Gasteiger partial charge in [0.15, 0.2) is 0 Å². The number of nitrogens with zero attached hydrogens (tertiary/aromatic N) is 2. The van der Waals surface area contributed by atoms with Gasteiger partial charge in [-0.2, -0.15) is 5.26 Å². The molecule has 1 N–H and O–H groups in total. The van der Waals surface area contributed by atoms with Crippen LogP contribution in [0.15, 0.2) is 89.9 Å². The summed E-state index contributed by atoms with van der Waals surface area (Å²) in [6.45, 7) is 4.61. The zero-order chi connectivity index (χ0) is 29.9. The zero-order valence-corrected chi connectivity index (χ0v) is 24.0. The smallest absolute Gasteiger partial charge is 0.311 e. The van der Waals surface area contributed by atoms with Crippen LogP contribution < -0.4 is 14.2 Å². The number of aliphatic imine (C=N–C) groups is 1. The highest BCUT2D eigenvalue weighted by atomic mass is 16.5. The molecule has 0 spiro atoms. The van der Waals surface area contributed by atoms with Gasteiger partial charge in [0.1, 0.15) is 30.5 Å². The lowest BCUT2D eigenvalue weighted by Crippen LogP contribution is -2.13. The Morgan fingerprint density at radius 2 is 1.74 bits per heavy atom. The quantitative estimate of drug-likeness (QED) is 0.171. The molecule has 0 aliphatic heterocycles. The van der Waals surface area contributed by atoms with Gasteiger partial charge in [-0.25, -0.2) is 0 Å². The van der Waals surface area contributed by atoms with E-state index in [1.54, 1.807) is 38.3 Å². The second-order valence-corrected chi connectivity index (χ2v) is 9.79. The van der Waals surface area contributed by atoms with E-state index in [1.165, 1.54) is 6.21 Å². The first-order chi connectivity index (χ1) is 20.4. The number of nitriles is 1. The van der Waals surface area contributed by atoms with Crippen LogP contribution in [0.2, 0.25) is 0 Å². The van der Waals surface area contributed by atoms with Crippen molar-refractivity contribution in [2.45, 2.75) is 40.0 Å². The third-order valence-electron chi connectivity index (χ3n) is 7.03. The molecule has 7 heteroatoms. The standard InChI is InChI=1S/C35H34N2O5/c1-4-27(35(38)39)20-37-21-32-33(40-3)17-30(18-34(32)42-22-26-11-8-10-25(16-26)19-36)41-23-29-14-9-15-31(24(29)2)28-12-6-5-7-13-28/h5-18,20,27H,4,21-23H2,1-3H3,(H,38,39). The Labute approximate surface area is 246 Å². The molecular formula is C35H34N2O5. The SMILES string of the molecule is CCC(C=NCc1c(OC)cc(OCc2cccc(-c3ccccc3)c2C)cc1OCc1cccc(C#N)c1)C(=O)O. The van der Waals surface area contributed by atoms with Crippen molar-refractivity contribution in [3.63, 3.8) is 0 Å². The topological polar surface area (TPSA) is 101 Å². The Morgan fingerprint density at radius 1 is 0.976 bits per heavy atom. The maximum atomic E-state index is 11.5. The lowest BCUT2D eigenvalue weighted by Gasteiger charge is -2.18. The van der Waals surface area contributed by atoms with Crippen LogP contribution in [-0.4, -0.2) is 24.4 Å². The molecule has 0 radical (unpaired) electrons. The summed E-state index contributed by atoms with van der Waals surface area (Å²) in [6, 6.07) is 29.4. The molecule has 0 fully saturated rings. The van der Waals surface area contributed by atoms with E-state index in [2.05, 4.69) is 36.2 Å². The third kappa shape index (κ3) is 7.55. The van der Waals surface area contributed by atoms with Gasteiger partial charge in [0.05, 0.1) is 36.8 Å². The predicted octanol–water partition coefficient (Wildman–Crippen LogP) is 7.38. The minimum Gasteiger partial charge on any atom is -0.496 e. The number of rotatable bonds is 13. The van der Waals surface area contributed by atoms with Gasteiger partial charge in [0.25, 0.3) is 0 Å². The Hall–Kier alpha value is -5.09. The van der Waals surface area contributed by atoms with Crippen LogP contribution in [0.1, 0.15) is 41.2 Å². The summed E-state index contributed by atoms with van der Waals surface area (Å²) >= 11 is 0. The number of ether oxygens (including phenoxy) is 3. The van der Waals surface area contributed by atoms with Gasteiger partial charge in [0, 0.05) is 18.3 Å². The Morgan fingerprint density at radius 3 is 2.45 bits per heavy atom. The van der Waals surface area contributed by atoms with Crippen molar-refractivity contribution in [3.05, 3.63) is 113 Å². The highest BCUT2D eigenvalue weighted by Crippen LogP contribution is 2.36. The first kappa shape index (κ1) is 29.9. The molecule has 0 saturated heterocycles. The summed E-state index contributed by atoms with van der Waals surface area (Å²) in [5.41, 5.74) is 6.53. The van der Waals surface area contributed by atoms with E-state index in [9.17, 15) is 15.2 Å². The van der Waals surface area contributed by atoms with Gasteiger partial charge in [-0.3, -0.25) is 9.79 Å². The molecule has 0 aliphatic rings. The summed E-state index contributed by atoms with van der Waals surface area (Å²) < 4.78 is 18.2. The van der Waals surface area contributed by atoms with E-state index in [0.717, 1.165) is 27.8 Å². The average Bonchev–Trinajstić information content (AvgIpc) is 3.02. The van der Waals surface area contributed by atoms with E-state index < -0.39 is 11.9 Å². The minimum absolute atomic E-state index is 0.166. The molecule has 1 atom stereocenters. The molecule has 4 aromatic rings. The van der Waals surface area contributed by atoms with Crippen molar-refractivity contribution in [1.29, 1.82) is 5.26 Å². The van der Waals surface area contributed by atoms with Crippen molar-refractivity contribution in [2.75, 3.05) is 7.11 Å². The molecule has 0 saturated carbocycles. The number of hydrogen-bond donors (Lipinski definition) is 1. The number of aliphatic carboxylic acids is 1. The van der Waals surface area contributed by atoms with Crippen LogP contribution in [0, 0.1) is 24.2 Å². The second kappa shape index (κ2) is 14.5. The molecule has 7 nitrogen and oxygen atoms in total. The van der Waals surface area contributed by atoms with Crippen molar-refractivity contribution < 1.29 is 24.1 Å². The van der Waals surface area contributed by atoms with E-state index in [-0.39, 0.29) is 13.2 Å². The molecule has 214 valence electrons. The molecule has 1 unspecified atom stereocenters. The maximum absolute atomic E-state index is 11.5. The summed E-state index contributed by atoms with van der Waals surface area (Å²) in [7, 11) is 1.56. The van der Waals surface area contributed by atoms with Crippen molar-refractivity contribution in [1.82, 2.24) is 0 Å². The first-order valence-corrected chi connectivity index (χ1v) is 13.8. The molecule has 4 aromatic carbocycles. The number of benzene rings is 4. The van der Waals surface area contributed by atoms with Crippen LogP contribution in [0.4, 0.5) is 0 Å². The second-order valence-electron chi connectivity index (χ2n) is 9.79. The summed E-state index contributed by atoms with van der Waals surface area (Å²) in [4.78, 5) is 15.9. The molecular weight excluding hydrogens is 528 g/mol. The van der Waals surface area contributed by atoms with Gasteiger partial charge in [-0.1, -0.05) is 67.6 Å². The molecule has 4 rings (SSSR count). The monoisotopic (exact) mass is 562 g/mol. The summed E-state index contributed by atoms with van der Waals surface area (Å²) in [5.74, 6) is -0.0172. The van der Waals surface area contributed by atoms with Crippen LogP contribution in [-0.2, 0) is 24.6 Å². The average molecular weight is 563 g/mol. The molecule has 0 aliphatic carbocycles. The fraction of sp³-hybridized carbons (Fsp3) is 0.229. The van der Waals surface area contributed by atoms with Crippen molar-refractivity contribution in [3.8, 4) is 34.4 Å². The zero-order valence-electron chi connectivity index (χ0n) is 24.0.